The lowest BCUT2D eigenvalue weighted by molar-refractivity contribution is -0.145. The fraction of sp³-hybridized carbons (Fsp3) is 0.294. The SMILES string of the molecule is COC(=O)[C@@H]1CN(c2cnc(C(=O)O)cn2)C[C@H]1c1ccc(Cl)cc1. The van der Waals surface area contributed by atoms with Crippen LogP contribution in [0.25, 0.3) is 0 Å². The molecule has 130 valence electrons. The van der Waals surface area contributed by atoms with Crippen molar-refractivity contribution in [2.45, 2.75) is 5.92 Å². The Balaban J connectivity index is 1.87. The Morgan fingerprint density at radius 2 is 1.92 bits per heavy atom. The van der Waals surface area contributed by atoms with Gasteiger partial charge in [-0.2, -0.15) is 0 Å². The van der Waals surface area contributed by atoms with Crippen molar-refractivity contribution < 1.29 is 19.4 Å². The number of methoxy groups -OCH3 is 1. The molecule has 1 saturated heterocycles. The fourth-order valence-corrected chi connectivity index (χ4v) is 3.15. The number of anilines is 1. The van der Waals surface area contributed by atoms with Crippen molar-refractivity contribution in [1.29, 1.82) is 0 Å². The predicted molar refractivity (Wildman–Crippen MR) is 90.9 cm³/mol. The molecule has 1 fully saturated rings. The first kappa shape index (κ1) is 17.2. The molecule has 0 spiro atoms. The van der Waals surface area contributed by atoms with Crippen molar-refractivity contribution in [3.8, 4) is 0 Å². The summed E-state index contributed by atoms with van der Waals surface area (Å²) >= 11 is 5.94. The summed E-state index contributed by atoms with van der Waals surface area (Å²) in [5, 5.41) is 9.54. The minimum atomic E-state index is -1.13. The Kier molecular flexibility index (Phi) is 4.85. The molecule has 1 aliphatic rings. The summed E-state index contributed by atoms with van der Waals surface area (Å²) in [5.74, 6) is -1.34. The highest BCUT2D eigenvalue weighted by molar-refractivity contribution is 6.30. The van der Waals surface area contributed by atoms with E-state index in [9.17, 15) is 9.59 Å². The molecule has 1 aromatic heterocycles. The number of rotatable bonds is 4. The van der Waals surface area contributed by atoms with Gasteiger partial charge in [0.15, 0.2) is 5.69 Å². The molecule has 1 aliphatic heterocycles. The molecule has 2 aromatic rings. The Morgan fingerprint density at radius 1 is 1.20 bits per heavy atom. The number of carboxylic acid groups (broad SMARTS) is 1. The van der Waals surface area contributed by atoms with Crippen molar-refractivity contribution >= 4 is 29.4 Å². The van der Waals surface area contributed by atoms with Crippen molar-refractivity contribution in [3.05, 3.63) is 52.9 Å². The number of carboxylic acids is 1. The molecular formula is C17H16ClN3O4. The third-order valence-corrected chi connectivity index (χ3v) is 4.56. The molecule has 0 amide bonds. The van der Waals surface area contributed by atoms with Crippen LogP contribution in [0, 0.1) is 5.92 Å². The number of aromatic nitrogens is 2. The number of ether oxygens (including phenoxy) is 1. The van der Waals surface area contributed by atoms with Gasteiger partial charge < -0.3 is 14.7 Å². The smallest absolute Gasteiger partial charge is 0.356 e. The zero-order valence-corrected chi connectivity index (χ0v) is 14.2. The van der Waals surface area contributed by atoms with E-state index < -0.39 is 5.97 Å². The molecule has 8 heteroatoms. The molecule has 2 heterocycles. The Bertz CT molecular complexity index is 779. The van der Waals surface area contributed by atoms with Crippen LogP contribution >= 0.6 is 11.6 Å². The maximum Gasteiger partial charge on any atom is 0.356 e. The van der Waals surface area contributed by atoms with E-state index in [1.54, 1.807) is 12.1 Å². The Hall–Kier alpha value is -2.67. The number of carbonyl (C=O) groups is 2. The number of hydrogen-bond donors (Lipinski definition) is 1. The molecule has 7 nitrogen and oxygen atoms in total. The second-order valence-corrected chi connectivity index (χ2v) is 6.19. The summed E-state index contributed by atoms with van der Waals surface area (Å²) in [6.07, 6.45) is 2.61. The van der Waals surface area contributed by atoms with Gasteiger partial charge in [-0.25, -0.2) is 14.8 Å². The van der Waals surface area contributed by atoms with Gasteiger partial charge in [-0.15, -0.1) is 0 Å². The van der Waals surface area contributed by atoms with Crippen molar-refractivity contribution in [1.82, 2.24) is 9.97 Å². The van der Waals surface area contributed by atoms with Crippen molar-refractivity contribution in [2.24, 2.45) is 5.92 Å². The van der Waals surface area contributed by atoms with E-state index in [2.05, 4.69) is 9.97 Å². The number of esters is 1. The average molecular weight is 362 g/mol. The minimum Gasteiger partial charge on any atom is -0.476 e. The predicted octanol–water partition coefficient (Wildman–Crippen LogP) is 2.22. The average Bonchev–Trinajstić information content (AvgIpc) is 3.07. The van der Waals surface area contributed by atoms with Crippen molar-refractivity contribution in [2.75, 3.05) is 25.1 Å². The molecular weight excluding hydrogens is 346 g/mol. The summed E-state index contributed by atoms with van der Waals surface area (Å²) in [5.41, 5.74) is 0.860. The zero-order valence-electron chi connectivity index (χ0n) is 13.4. The maximum absolute atomic E-state index is 12.2. The molecule has 1 N–H and O–H groups in total. The highest BCUT2D eigenvalue weighted by atomic mass is 35.5. The lowest BCUT2D eigenvalue weighted by Gasteiger charge is -2.17. The minimum absolute atomic E-state index is 0.0781. The number of halogens is 1. The molecule has 0 bridgehead atoms. The van der Waals surface area contributed by atoms with Gasteiger partial charge in [0, 0.05) is 24.0 Å². The van der Waals surface area contributed by atoms with Crippen LogP contribution in [0.2, 0.25) is 5.02 Å². The van der Waals surface area contributed by atoms with Gasteiger partial charge in [0.1, 0.15) is 5.82 Å². The lowest BCUT2D eigenvalue weighted by Crippen LogP contribution is -2.25. The molecule has 0 unspecified atom stereocenters. The van der Waals surface area contributed by atoms with Crippen LogP contribution < -0.4 is 4.90 Å². The van der Waals surface area contributed by atoms with Crippen LogP contribution in [0.1, 0.15) is 22.0 Å². The van der Waals surface area contributed by atoms with E-state index in [1.807, 2.05) is 17.0 Å². The summed E-state index contributed by atoms with van der Waals surface area (Å²) in [6.45, 7) is 0.962. The number of hydrogen-bond acceptors (Lipinski definition) is 6. The molecule has 2 atom stereocenters. The van der Waals surface area contributed by atoms with E-state index in [-0.39, 0.29) is 23.5 Å². The number of carbonyl (C=O) groups excluding carboxylic acids is 1. The molecule has 0 aliphatic carbocycles. The second kappa shape index (κ2) is 7.06. The molecule has 0 radical (unpaired) electrons. The Labute approximate surface area is 149 Å². The lowest BCUT2D eigenvalue weighted by atomic mass is 9.89. The maximum atomic E-state index is 12.2. The van der Waals surface area contributed by atoms with Gasteiger partial charge in [-0.3, -0.25) is 4.79 Å². The molecule has 3 rings (SSSR count). The summed E-state index contributed by atoms with van der Waals surface area (Å²) in [4.78, 5) is 33.0. The van der Waals surface area contributed by atoms with Gasteiger partial charge in [0.25, 0.3) is 0 Å². The molecule has 0 saturated carbocycles. The first-order valence-electron chi connectivity index (χ1n) is 7.63. The first-order valence-corrected chi connectivity index (χ1v) is 8.01. The first-order chi connectivity index (χ1) is 12.0. The van der Waals surface area contributed by atoms with Crippen LogP contribution in [-0.2, 0) is 9.53 Å². The van der Waals surface area contributed by atoms with Crippen LogP contribution in [0.5, 0.6) is 0 Å². The molecule has 25 heavy (non-hydrogen) atoms. The van der Waals surface area contributed by atoms with Gasteiger partial charge in [-0.05, 0) is 17.7 Å². The molecule has 1 aromatic carbocycles. The number of aromatic carboxylic acids is 1. The largest absolute Gasteiger partial charge is 0.476 e. The summed E-state index contributed by atoms with van der Waals surface area (Å²) < 4.78 is 4.94. The van der Waals surface area contributed by atoms with E-state index in [1.165, 1.54) is 19.5 Å². The van der Waals surface area contributed by atoms with Gasteiger partial charge in [0.05, 0.1) is 25.4 Å². The van der Waals surface area contributed by atoms with E-state index in [0.717, 1.165) is 5.56 Å². The van der Waals surface area contributed by atoms with Gasteiger partial charge in [-0.1, -0.05) is 23.7 Å². The Morgan fingerprint density at radius 3 is 2.48 bits per heavy atom. The third kappa shape index (κ3) is 3.56. The van der Waals surface area contributed by atoms with Crippen molar-refractivity contribution in [3.63, 3.8) is 0 Å². The highest BCUT2D eigenvalue weighted by Gasteiger charge is 2.39. The summed E-state index contributed by atoms with van der Waals surface area (Å²) in [7, 11) is 1.37. The monoisotopic (exact) mass is 361 g/mol. The second-order valence-electron chi connectivity index (χ2n) is 5.76. The highest BCUT2D eigenvalue weighted by Crippen LogP contribution is 2.35. The fourth-order valence-electron chi connectivity index (χ4n) is 3.02. The number of benzene rings is 1. The van der Waals surface area contributed by atoms with Crippen LogP contribution in [0.4, 0.5) is 5.82 Å². The van der Waals surface area contributed by atoms with Gasteiger partial charge >= 0.3 is 11.9 Å². The zero-order chi connectivity index (χ0) is 18.0. The van der Waals surface area contributed by atoms with E-state index >= 15 is 0 Å². The van der Waals surface area contributed by atoms with E-state index in [0.29, 0.717) is 23.9 Å². The number of nitrogens with zero attached hydrogens (tertiary/aromatic N) is 3. The van der Waals surface area contributed by atoms with E-state index in [4.69, 9.17) is 21.4 Å². The quantitative estimate of drug-likeness (QED) is 0.834. The van der Waals surface area contributed by atoms with Gasteiger partial charge in [0.2, 0.25) is 0 Å². The van der Waals surface area contributed by atoms with Crippen LogP contribution in [0.3, 0.4) is 0 Å². The van der Waals surface area contributed by atoms with Crippen LogP contribution in [0.15, 0.2) is 36.7 Å². The summed E-state index contributed by atoms with van der Waals surface area (Å²) in [6, 6.07) is 7.36. The standard InChI is InChI=1S/C17H16ClN3O4/c1-25-17(24)13-9-21(15-7-19-14(6-20-15)16(22)23)8-12(13)10-2-4-11(18)5-3-10/h2-7,12-13H,8-9H2,1H3,(H,22,23)/t12-,13+/m0/s1. The topological polar surface area (TPSA) is 92.6 Å². The van der Waals surface area contributed by atoms with Crippen LogP contribution in [-0.4, -0.2) is 47.2 Å². The third-order valence-electron chi connectivity index (χ3n) is 4.30. The normalized spacial score (nSPS) is 19.7.